The lowest BCUT2D eigenvalue weighted by Crippen LogP contribution is -2.20. The molecule has 2 aromatic rings. The van der Waals surface area contributed by atoms with Crippen molar-refractivity contribution < 1.29 is 4.74 Å². The van der Waals surface area contributed by atoms with Gasteiger partial charge in [0.05, 0.1) is 7.11 Å². The summed E-state index contributed by atoms with van der Waals surface area (Å²) in [5, 5.41) is 5.66. The Bertz CT molecular complexity index is 526. The number of ether oxygens (including phenoxy) is 1. The summed E-state index contributed by atoms with van der Waals surface area (Å²) in [5.74, 6) is 0.923. The van der Waals surface area contributed by atoms with Crippen LogP contribution in [0.1, 0.15) is 23.4 Å². The van der Waals surface area contributed by atoms with E-state index < -0.39 is 0 Å². The lowest BCUT2D eigenvalue weighted by molar-refractivity contribution is 0.414. The molecule has 0 radical (unpaired) electrons. The number of methoxy groups -OCH3 is 1. The molecule has 102 valence electrons. The Balaban J connectivity index is 1.84. The van der Waals surface area contributed by atoms with Gasteiger partial charge in [-0.15, -0.1) is 11.3 Å². The first-order valence-electron chi connectivity index (χ1n) is 6.30. The molecular formula is C15H18BrNOS. The average molecular weight is 340 g/mol. The third kappa shape index (κ3) is 4.06. The van der Waals surface area contributed by atoms with Crippen molar-refractivity contribution in [2.45, 2.75) is 19.4 Å². The van der Waals surface area contributed by atoms with Gasteiger partial charge in [-0.05, 0) is 65.0 Å². The van der Waals surface area contributed by atoms with E-state index in [1.54, 1.807) is 18.4 Å². The van der Waals surface area contributed by atoms with Gasteiger partial charge < -0.3 is 10.1 Å². The molecule has 0 fully saturated rings. The molecule has 0 amide bonds. The van der Waals surface area contributed by atoms with E-state index in [0.717, 1.165) is 18.7 Å². The minimum absolute atomic E-state index is 0.375. The van der Waals surface area contributed by atoms with Crippen LogP contribution in [0.3, 0.4) is 0 Å². The maximum atomic E-state index is 5.23. The fourth-order valence-corrected chi connectivity index (χ4v) is 3.72. The van der Waals surface area contributed by atoms with Crippen molar-refractivity contribution in [2.75, 3.05) is 13.7 Å². The maximum absolute atomic E-state index is 5.23. The third-order valence-electron chi connectivity index (χ3n) is 3.04. The number of halogens is 1. The fourth-order valence-electron chi connectivity index (χ4n) is 1.97. The summed E-state index contributed by atoms with van der Waals surface area (Å²) in [6.07, 6.45) is 1.00. The third-order valence-corrected chi connectivity index (χ3v) is 5.09. The van der Waals surface area contributed by atoms with E-state index >= 15 is 0 Å². The van der Waals surface area contributed by atoms with E-state index in [0.29, 0.717) is 6.04 Å². The number of hydrogen-bond acceptors (Lipinski definition) is 3. The molecule has 1 heterocycles. The Morgan fingerprint density at radius 2 is 2.21 bits per heavy atom. The number of thiophene rings is 1. The SMILES string of the molecule is COc1cccc(CCNC(C)c2sccc2Br)c1. The van der Waals surface area contributed by atoms with Crippen molar-refractivity contribution in [3.63, 3.8) is 0 Å². The quantitative estimate of drug-likeness (QED) is 0.841. The van der Waals surface area contributed by atoms with Gasteiger partial charge in [0.15, 0.2) is 0 Å². The Hall–Kier alpha value is -0.840. The molecule has 1 aromatic heterocycles. The zero-order valence-electron chi connectivity index (χ0n) is 11.2. The summed E-state index contributed by atoms with van der Waals surface area (Å²) < 4.78 is 6.43. The Kier molecular flexibility index (Phi) is 5.43. The second-order valence-electron chi connectivity index (χ2n) is 4.41. The van der Waals surface area contributed by atoms with Crippen LogP contribution < -0.4 is 10.1 Å². The second kappa shape index (κ2) is 7.08. The molecule has 2 nitrogen and oxygen atoms in total. The molecule has 0 aliphatic carbocycles. The van der Waals surface area contributed by atoms with Crippen LogP contribution in [-0.4, -0.2) is 13.7 Å². The van der Waals surface area contributed by atoms with Gasteiger partial charge in [-0.1, -0.05) is 12.1 Å². The monoisotopic (exact) mass is 339 g/mol. The molecule has 0 aliphatic heterocycles. The molecule has 0 saturated heterocycles. The molecule has 2 rings (SSSR count). The molecule has 0 aliphatic rings. The first-order valence-corrected chi connectivity index (χ1v) is 7.97. The van der Waals surface area contributed by atoms with Crippen molar-refractivity contribution in [3.8, 4) is 5.75 Å². The molecule has 1 N–H and O–H groups in total. The normalized spacial score (nSPS) is 12.4. The van der Waals surface area contributed by atoms with Crippen LogP contribution in [0.15, 0.2) is 40.2 Å². The van der Waals surface area contributed by atoms with Crippen LogP contribution >= 0.6 is 27.3 Å². The predicted molar refractivity (Wildman–Crippen MR) is 85.1 cm³/mol. The maximum Gasteiger partial charge on any atom is 0.119 e. The zero-order valence-corrected chi connectivity index (χ0v) is 13.6. The van der Waals surface area contributed by atoms with Gasteiger partial charge in [0.25, 0.3) is 0 Å². The highest BCUT2D eigenvalue weighted by Gasteiger charge is 2.09. The first kappa shape index (κ1) is 14.6. The van der Waals surface area contributed by atoms with Crippen LogP contribution in [0.25, 0.3) is 0 Å². The Morgan fingerprint density at radius 1 is 1.37 bits per heavy atom. The molecule has 0 saturated carbocycles. The Morgan fingerprint density at radius 3 is 2.89 bits per heavy atom. The number of hydrogen-bond donors (Lipinski definition) is 1. The molecular weight excluding hydrogens is 322 g/mol. The summed E-state index contributed by atoms with van der Waals surface area (Å²) >= 11 is 5.36. The van der Waals surface area contributed by atoms with E-state index in [1.807, 2.05) is 12.1 Å². The van der Waals surface area contributed by atoms with Crippen LogP contribution in [-0.2, 0) is 6.42 Å². The van der Waals surface area contributed by atoms with Crippen LogP contribution in [0.5, 0.6) is 5.75 Å². The van der Waals surface area contributed by atoms with Gasteiger partial charge in [0.1, 0.15) is 5.75 Å². The lowest BCUT2D eigenvalue weighted by Gasteiger charge is -2.13. The second-order valence-corrected chi connectivity index (χ2v) is 6.21. The smallest absolute Gasteiger partial charge is 0.119 e. The summed E-state index contributed by atoms with van der Waals surface area (Å²) in [6.45, 7) is 3.15. The fraction of sp³-hybridized carbons (Fsp3) is 0.333. The van der Waals surface area contributed by atoms with Crippen LogP contribution in [0.4, 0.5) is 0 Å². The Labute approximate surface area is 126 Å². The lowest BCUT2D eigenvalue weighted by atomic mass is 10.1. The molecule has 1 unspecified atom stereocenters. The van der Waals surface area contributed by atoms with Crippen LogP contribution in [0, 0.1) is 0 Å². The molecule has 1 aromatic carbocycles. The predicted octanol–water partition coefficient (Wildman–Crippen LogP) is 4.41. The molecule has 19 heavy (non-hydrogen) atoms. The molecule has 0 spiro atoms. The minimum atomic E-state index is 0.375. The standard InChI is InChI=1S/C15H18BrNOS/c1-11(15-14(16)7-9-19-15)17-8-6-12-4-3-5-13(10-12)18-2/h3-5,7,9-11,17H,6,8H2,1-2H3. The van der Waals surface area contributed by atoms with E-state index in [2.05, 4.69) is 51.7 Å². The van der Waals surface area contributed by atoms with Gasteiger partial charge in [-0.3, -0.25) is 0 Å². The van der Waals surface area contributed by atoms with Gasteiger partial charge in [-0.25, -0.2) is 0 Å². The number of benzene rings is 1. The van der Waals surface area contributed by atoms with E-state index in [1.165, 1.54) is 14.9 Å². The largest absolute Gasteiger partial charge is 0.497 e. The molecule has 1 atom stereocenters. The zero-order chi connectivity index (χ0) is 13.7. The highest BCUT2D eigenvalue weighted by Crippen LogP contribution is 2.28. The highest BCUT2D eigenvalue weighted by atomic mass is 79.9. The molecule has 4 heteroatoms. The van der Waals surface area contributed by atoms with Crippen molar-refractivity contribution in [1.82, 2.24) is 5.32 Å². The first-order chi connectivity index (χ1) is 9.20. The summed E-state index contributed by atoms with van der Waals surface area (Å²) in [6, 6.07) is 10.7. The highest BCUT2D eigenvalue weighted by molar-refractivity contribution is 9.10. The number of rotatable bonds is 6. The van der Waals surface area contributed by atoms with Gasteiger partial charge in [0.2, 0.25) is 0 Å². The minimum Gasteiger partial charge on any atom is -0.497 e. The van der Waals surface area contributed by atoms with Crippen molar-refractivity contribution in [3.05, 3.63) is 50.6 Å². The topological polar surface area (TPSA) is 21.3 Å². The van der Waals surface area contributed by atoms with Gasteiger partial charge in [-0.2, -0.15) is 0 Å². The van der Waals surface area contributed by atoms with E-state index in [4.69, 9.17) is 4.74 Å². The van der Waals surface area contributed by atoms with E-state index in [9.17, 15) is 0 Å². The van der Waals surface area contributed by atoms with Crippen molar-refractivity contribution in [2.24, 2.45) is 0 Å². The van der Waals surface area contributed by atoms with Crippen LogP contribution in [0.2, 0.25) is 0 Å². The number of nitrogens with one attached hydrogen (secondary N) is 1. The van der Waals surface area contributed by atoms with Gasteiger partial charge in [0, 0.05) is 15.4 Å². The van der Waals surface area contributed by atoms with Gasteiger partial charge >= 0.3 is 0 Å². The summed E-state index contributed by atoms with van der Waals surface area (Å²) in [5.41, 5.74) is 1.30. The molecule has 0 bridgehead atoms. The van der Waals surface area contributed by atoms with Crippen molar-refractivity contribution in [1.29, 1.82) is 0 Å². The van der Waals surface area contributed by atoms with Crippen molar-refractivity contribution >= 4 is 27.3 Å². The summed E-state index contributed by atoms with van der Waals surface area (Å²) in [7, 11) is 1.70. The van der Waals surface area contributed by atoms with E-state index in [-0.39, 0.29) is 0 Å². The average Bonchev–Trinajstić information content (AvgIpc) is 2.85. The summed E-state index contributed by atoms with van der Waals surface area (Å²) in [4.78, 5) is 1.35.